The maximum Gasteiger partial charge on any atom is 0.251 e. The topological polar surface area (TPSA) is 63.7 Å². The van der Waals surface area contributed by atoms with E-state index in [1.165, 1.54) is 12.1 Å². The number of amides is 1. The molecule has 2 atom stereocenters. The highest BCUT2D eigenvalue weighted by molar-refractivity contribution is 5.94. The summed E-state index contributed by atoms with van der Waals surface area (Å²) in [5, 5.41) is 3.13. The number of aromatic nitrogens is 1. The van der Waals surface area contributed by atoms with E-state index in [1.807, 2.05) is 36.4 Å². The summed E-state index contributed by atoms with van der Waals surface area (Å²) < 4.78 is 24.5. The lowest BCUT2D eigenvalue weighted by molar-refractivity contribution is 0.0874. The van der Waals surface area contributed by atoms with Gasteiger partial charge in [0.25, 0.3) is 5.91 Å². The molecule has 3 aromatic rings. The molecule has 1 N–H and O–H groups in total. The molecule has 1 aliphatic rings. The number of rotatable bonds is 8. The third-order valence-electron chi connectivity index (χ3n) is 6.25. The Bertz CT molecular complexity index is 1110. The largest absolute Gasteiger partial charge is 0.493 e. The average Bonchev–Trinajstić information content (AvgIpc) is 2.87. The van der Waals surface area contributed by atoms with E-state index in [9.17, 15) is 9.18 Å². The highest BCUT2D eigenvalue weighted by Crippen LogP contribution is 2.32. The number of hydrogen-bond donors (Lipinski definition) is 1. The Morgan fingerprint density at radius 1 is 1.12 bits per heavy atom. The zero-order chi connectivity index (χ0) is 23.9. The summed E-state index contributed by atoms with van der Waals surface area (Å²) in [5.41, 5.74) is 2.25. The normalized spacial score (nSPS) is 17.1. The van der Waals surface area contributed by atoms with Crippen LogP contribution in [0.3, 0.4) is 0 Å². The number of methoxy groups -OCH3 is 2. The smallest absolute Gasteiger partial charge is 0.251 e. The van der Waals surface area contributed by atoms with Crippen molar-refractivity contribution in [2.24, 2.45) is 5.92 Å². The van der Waals surface area contributed by atoms with Gasteiger partial charge in [0, 0.05) is 24.8 Å². The summed E-state index contributed by atoms with van der Waals surface area (Å²) >= 11 is 0. The van der Waals surface area contributed by atoms with E-state index in [0.29, 0.717) is 17.1 Å². The van der Waals surface area contributed by atoms with Crippen LogP contribution in [0, 0.1) is 11.7 Å². The minimum absolute atomic E-state index is 0.168. The van der Waals surface area contributed by atoms with Crippen molar-refractivity contribution in [1.29, 1.82) is 0 Å². The first-order valence-electron chi connectivity index (χ1n) is 11.5. The van der Waals surface area contributed by atoms with Crippen LogP contribution in [0.2, 0.25) is 0 Å². The lowest BCUT2D eigenvalue weighted by atomic mass is 9.88. The molecule has 0 aliphatic carbocycles. The Morgan fingerprint density at radius 3 is 2.71 bits per heavy atom. The molecule has 0 saturated carbocycles. The summed E-state index contributed by atoms with van der Waals surface area (Å²) in [5.74, 6) is 0.856. The Hall–Kier alpha value is -3.45. The quantitative estimate of drug-likeness (QED) is 0.528. The van der Waals surface area contributed by atoms with Crippen molar-refractivity contribution in [3.8, 4) is 11.5 Å². The van der Waals surface area contributed by atoms with Gasteiger partial charge in [0.1, 0.15) is 5.82 Å². The molecule has 0 bridgehead atoms. The maximum absolute atomic E-state index is 13.7. The SMILES string of the molecule is COc1ccc(CN2CCC[C@@H]([C@@H](NC(=O)c3cccc(F)c3)c3ccccn3)C2)cc1OC. The summed E-state index contributed by atoms with van der Waals surface area (Å²) in [6.07, 6.45) is 3.71. The number of hydrogen-bond acceptors (Lipinski definition) is 5. The highest BCUT2D eigenvalue weighted by atomic mass is 19.1. The molecule has 1 aliphatic heterocycles. The van der Waals surface area contributed by atoms with Crippen LogP contribution >= 0.6 is 0 Å². The van der Waals surface area contributed by atoms with Crippen LogP contribution in [0.5, 0.6) is 11.5 Å². The molecule has 0 radical (unpaired) electrons. The second-order valence-electron chi connectivity index (χ2n) is 8.54. The number of piperidine rings is 1. The van der Waals surface area contributed by atoms with Crippen molar-refractivity contribution in [3.63, 3.8) is 0 Å². The van der Waals surface area contributed by atoms with Crippen LogP contribution in [-0.2, 0) is 6.54 Å². The van der Waals surface area contributed by atoms with E-state index in [-0.39, 0.29) is 17.9 Å². The Morgan fingerprint density at radius 2 is 1.97 bits per heavy atom. The van der Waals surface area contributed by atoms with Crippen molar-refractivity contribution in [2.75, 3.05) is 27.3 Å². The van der Waals surface area contributed by atoms with Crippen LogP contribution in [-0.4, -0.2) is 43.1 Å². The fourth-order valence-corrected chi connectivity index (χ4v) is 4.59. The van der Waals surface area contributed by atoms with Crippen LogP contribution in [0.1, 0.15) is 40.5 Å². The van der Waals surface area contributed by atoms with Gasteiger partial charge in [-0.3, -0.25) is 14.7 Å². The fraction of sp³-hybridized carbons (Fsp3) is 0.333. The molecule has 7 heteroatoms. The molecular formula is C27H30FN3O3. The van der Waals surface area contributed by atoms with Crippen molar-refractivity contribution in [1.82, 2.24) is 15.2 Å². The third kappa shape index (κ3) is 5.72. The van der Waals surface area contributed by atoms with Crippen LogP contribution < -0.4 is 14.8 Å². The summed E-state index contributed by atoms with van der Waals surface area (Å²) in [4.78, 5) is 19.9. The highest BCUT2D eigenvalue weighted by Gasteiger charge is 2.31. The zero-order valence-electron chi connectivity index (χ0n) is 19.5. The van der Waals surface area contributed by atoms with Gasteiger partial charge in [-0.15, -0.1) is 0 Å². The monoisotopic (exact) mass is 463 g/mol. The van der Waals surface area contributed by atoms with Crippen LogP contribution in [0.4, 0.5) is 4.39 Å². The Balaban J connectivity index is 1.52. The summed E-state index contributed by atoms with van der Waals surface area (Å²) in [6, 6.07) is 17.2. The molecule has 178 valence electrons. The number of ether oxygens (including phenoxy) is 2. The van der Waals surface area contributed by atoms with Crippen molar-refractivity contribution in [2.45, 2.75) is 25.4 Å². The van der Waals surface area contributed by atoms with Gasteiger partial charge < -0.3 is 14.8 Å². The first-order chi connectivity index (χ1) is 16.6. The molecule has 1 amide bonds. The third-order valence-corrected chi connectivity index (χ3v) is 6.25. The minimum Gasteiger partial charge on any atom is -0.493 e. The van der Waals surface area contributed by atoms with Gasteiger partial charge >= 0.3 is 0 Å². The lowest BCUT2D eigenvalue weighted by Gasteiger charge is -2.37. The molecule has 1 saturated heterocycles. The second-order valence-corrected chi connectivity index (χ2v) is 8.54. The zero-order valence-corrected chi connectivity index (χ0v) is 19.5. The number of likely N-dealkylation sites (tertiary alicyclic amines) is 1. The molecule has 0 unspecified atom stereocenters. The number of carbonyl (C=O) groups excluding carboxylic acids is 1. The van der Waals surface area contributed by atoms with Gasteiger partial charge in [-0.1, -0.05) is 18.2 Å². The molecular weight excluding hydrogens is 433 g/mol. The molecule has 2 aromatic carbocycles. The average molecular weight is 464 g/mol. The van der Waals surface area contributed by atoms with Gasteiger partial charge in [-0.25, -0.2) is 4.39 Å². The Kier molecular flexibility index (Phi) is 7.75. The van der Waals surface area contributed by atoms with E-state index in [2.05, 4.69) is 15.2 Å². The van der Waals surface area contributed by atoms with Crippen molar-refractivity contribution in [3.05, 3.63) is 89.5 Å². The molecule has 4 rings (SSSR count). The van der Waals surface area contributed by atoms with E-state index in [4.69, 9.17) is 9.47 Å². The fourth-order valence-electron chi connectivity index (χ4n) is 4.59. The molecule has 1 fully saturated rings. The van der Waals surface area contributed by atoms with Crippen LogP contribution in [0.15, 0.2) is 66.9 Å². The van der Waals surface area contributed by atoms with E-state index in [1.54, 1.807) is 32.5 Å². The summed E-state index contributed by atoms with van der Waals surface area (Å²) in [7, 11) is 3.26. The van der Waals surface area contributed by atoms with Crippen molar-refractivity contribution >= 4 is 5.91 Å². The predicted octanol–water partition coefficient (Wildman–Crippen LogP) is 4.62. The summed E-state index contributed by atoms with van der Waals surface area (Å²) in [6.45, 7) is 2.54. The lowest BCUT2D eigenvalue weighted by Crippen LogP contribution is -2.43. The maximum atomic E-state index is 13.7. The molecule has 0 spiro atoms. The van der Waals surface area contributed by atoms with E-state index in [0.717, 1.165) is 43.7 Å². The van der Waals surface area contributed by atoms with Gasteiger partial charge in [-0.2, -0.15) is 0 Å². The Labute approximate surface area is 199 Å². The molecule has 34 heavy (non-hydrogen) atoms. The number of carbonyl (C=O) groups is 1. The van der Waals surface area contributed by atoms with Crippen molar-refractivity contribution < 1.29 is 18.7 Å². The van der Waals surface area contributed by atoms with E-state index < -0.39 is 5.82 Å². The van der Waals surface area contributed by atoms with Gasteiger partial charge in [0.05, 0.1) is 26.0 Å². The number of pyridine rings is 1. The number of benzene rings is 2. The number of nitrogens with one attached hydrogen (secondary N) is 1. The van der Waals surface area contributed by atoms with Crippen LogP contribution in [0.25, 0.3) is 0 Å². The van der Waals surface area contributed by atoms with Gasteiger partial charge in [0.15, 0.2) is 11.5 Å². The standard InChI is InChI=1S/C27H30FN3O3/c1-33-24-12-11-19(15-25(24)34-2)17-31-14-6-8-21(18-31)26(23-10-3-4-13-29-23)30-27(32)20-7-5-9-22(28)16-20/h3-5,7,9-13,15-16,21,26H,6,8,14,17-18H2,1-2H3,(H,30,32)/t21-,26-/m1/s1. The van der Waals surface area contributed by atoms with Gasteiger partial charge in [0.2, 0.25) is 0 Å². The number of halogens is 1. The van der Waals surface area contributed by atoms with E-state index >= 15 is 0 Å². The first-order valence-corrected chi connectivity index (χ1v) is 11.5. The minimum atomic E-state index is -0.430. The van der Waals surface area contributed by atoms with Gasteiger partial charge in [-0.05, 0) is 73.3 Å². The molecule has 1 aromatic heterocycles. The predicted molar refractivity (Wildman–Crippen MR) is 128 cm³/mol. The number of nitrogens with zero attached hydrogens (tertiary/aromatic N) is 2. The molecule has 2 heterocycles. The molecule has 6 nitrogen and oxygen atoms in total. The second kappa shape index (κ2) is 11.1. The first kappa shape index (κ1) is 23.7.